The highest BCUT2D eigenvalue weighted by molar-refractivity contribution is 7.11. The van der Waals surface area contributed by atoms with Crippen LogP contribution in [-0.4, -0.2) is 96.5 Å². The van der Waals surface area contributed by atoms with Gasteiger partial charge in [0, 0.05) is 79.8 Å². The predicted molar refractivity (Wildman–Crippen MR) is 302 cm³/mol. The van der Waals surface area contributed by atoms with Crippen LogP contribution < -0.4 is 70.2 Å². The van der Waals surface area contributed by atoms with E-state index in [2.05, 4.69) is 37.9 Å². The molecule has 6 aromatic carbocycles. The lowest BCUT2D eigenvalue weighted by Gasteiger charge is -2.45. The van der Waals surface area contributed by atoms with Crippen molar-refractivity contribution >= 4 is 37.9 Å². The fourth-order valence-electron chi connectivity index (χ4n) is 11.2. The van der Waals surface area contributed by atoms with Gasteiger partial charge in [0.1, 0.15) is 70.1 Å². The van der Waals surface area contributed by atoms with Gasteiger partial charge in [0.05, 0.1) is 107 Å². The maximum Gasteiger partial charge on any atom is 0.165 e. The van der Waals surface area contributed by atoms with E-state index in [1.165, 1.54) is 0 Å². The number of hydrogen-bond donors (Lipinski definition) is 0. The second-order valence-electron chi connectivity index (χ2n) is 18.1. The lowest BCUT2D eigenvalue weighted by Crippen LogP contribution is -2.40. The average molecular weight is 1150 g/mol. The summed E-state index contributed by atoms with van der Waals surface area (Å²) < 4.78 is 114. The van der Waals surface area contributed by atoms with Gasteiger partial charge in [-0.15, -0.1) is 0 Å². The Kier molecular flexibility index (Phi) is 17.8. The molecule has 0 bridgehead atoms. The maximum absolute atomic E-state index is 7.64. The molecule has 18 nitrogen and oxygen atoms in total. The molecule has 0 fully saturated rings. The summed E-state index contributed by atoms with van der Waals surface area (Å²) in [4.78, 5) is 0. The van der Waals surface area contributed by atoms with Crippen LogP contribution in [0.15, 0.2) is 78.9 Å². The largest absolute Gasteiger partial charge is 0.496 e. The van der Waals surface area contributed by atoms with Crippen molar-refractivity contribution in [3.05, 3.63) is 123 Å². The molecular weight excluding hydrogens is 1080 g/mol. The van der Waals surface area contributed by atoms with Crippen molar-refractivity contribution in [3.8, 4) is 86.2 Å². The molecule has 12 unspecified atom stereocenters. The van der Waals surface area contributed by atoms with Gasteiger partial charge in [-0.25, -0.2) is 0 Å². The first-order valence-electron chi connectivity index (χ1n) is 24.4. The molecule has 22 heteroatoms. The lowest BCUT2D eigenvalue weighted by molar-refractivity contribution is -0.0343. The first kappa shape index (κ1) is 56.6. The summed E-state index contributed by atoms with van der Waals surface area (Å²) in [6, 6.07) is 24.1. The second kappa shape index (κ2) is 24.5. The van der Waals surface area contributed by atoms with Crippen molar-refractivity contribution in [2.24, 2.45) is 0 Å². The van der Waals surface area contributed by atoms with Crippen LogP contribution in [0.25, 0.3) is 0 Å². The van der Waals surface area contributed by atoms with Crippen LogP contribution in [-0.2, 0) is 20.6 Å². The van der Waals surface area contributed by atoms with E-state index in [1.807, 2.05) is 60.7 Å². The molecule has 3 aliphatic rings. The molecule has 12 atom stereocenters. The third kappa shape index (κ3) is 9.93. The van der Waals surface area contributed by atoms with Gasteiger partial charge in [-0.3, -0.25) is 0 Å². The Balaban J connectivity index is 1.40. The van der Waals surface area contributed by atoms with E-state index in [9.17, 15) is 0 Å². The van der Waals surface area contributed by atoms with Gasteiger partial charge in [0.15, 0.2) is 52.8 Å². The van der Waals surface area contributed by atoms with E-state index in [-0.39, 0.29) is 0 Å². The van der Waals surface area contributed by atoms with Crippen LogP contribution in [0.3, 0.4) is 0 Å². The van der Waals surface area contributed by atoms with Crippen molar-refractivity contribution in [1.82, 2.24) is 0 Å². The molecular formula is C56H64O18P4. The number of fused-ring (bicyclic) bond motifs is 3. The lowest BCUT2D eigenvalue weighted by atomic mass is 9.73. The smallest absolute Gasteiger partial charge is 0.165 e. The third-order valence-corrected chi connectivity index (χ3v) is 15.7. The molecule has 0 saturated heterocycles. The third-order valence-electron chi connectivity index (χ3n) is 14.7. The molecule has 0 amide bonds. The van der Waals surface area contributed by atoms with Crippen molar-refractivity contribution in [2.75, 3.05) is 78.2 Å². The first-order chi connectivity index (χ1) is 38.0. The minimum Gasteiger partial charge on any atom is -0.496 e. The molecule has 416 valence electrons. The zero-order chi connectivity index (χ0) is 55.5. The minimum absolute atomic E-state index is 0.367. The zero-order valence-electron chi connectivity index (χ0n) is 45.0. The topological polar surface area (TPSA) is 166 Å². The summed E-state index contributed by atoms with van der Waals surface area (Å²) in [5.41, 5.74) is 5.21. The van der Waals surface area contributed by atoms with Gasteiger partial charge >= 0.3 is 0 Å². The van der Waals surface area contributed by atoms with Gasteiger partial charge in [0.2, 0.25) is 0 Å². The molecule has 0 saturated carbocycles. The molecule has 0 spiro atoms. The van der Waals surface area contributed by atoms with E-state index in [1.54, 1.807) is 96.4 Å². The minimum atomic E-state index is -0.912. The van der Waals surface area contributed by atoms with Gasteiger partial charge in [-0.2, -0.15) is 0 Å². The molecule has 0 radical (unpaired) electrons. The highest BCUT2D eigenvalue weighted by Gasteiger charge is 2.52. The fraction of sp³-hybridized carbons (Fsp3) is 0.357. The van der Waals surface area contributed by atoms with E-state index in [0.29, 0.717) is 126 Å². The highest BCUT2D eigenvalue weighted by Crippen LogP contribution is 2.64. The monoisotopic (exact) mass is 1150 g/mol. The molecule has 6 aromatic rings. The standard InChI is InChI=1S/C56H64O18P4/c1-57-31-15-12-26(18-35(31)60-4)50-43(65-9)23-30-34(59-3)24-38(62-6)45(53(30)69-50)49-47-40(64-8)25-39(63-7)46(54(47)70-52(56(49)67-11)27-13-16-32(58-2)36(19-27)61-5)48-44-41(21-29(71-75)22-42(44)74-78)68-51(55(48)66-10)28-14-17-33(72-76)37(20-28)73-77/h12-22,24-25,43,48-52,55-56H,23,75-78H2,1-11H3. The van der Waals surface area contributed by atoms with Gasteiger partial charge in [-0.1, -0.05) is 18.2 Å². The number of hydrogen-bond acceptors (Lipinski definition) is 18. The Bertz CT molecular complexity index is 3140. The quantitative estimate of drug-likeness (QED) is 0.0662. The second-order valence-corrected chi connectivity index (χ2v) is 19.1. The molecule has 3 heterocycles. The average Bonchev–Trinajstić information content (AvgIpc) is 3.17. The van der Waals surface area contributed by atoms with Crippen molar-refractivity contribution < 1.29 is 84.4 Å². The van der Waals surface area contributed by atoms with Gasteiger partial charge in [0.25, 0.3) is 0 Å². The number of methoxy groups -OCH3 is 11. The van der Waals surface area contributed by atoms with E-state index < -0.39 is 48.5 Å². The van der Waals surface area contributed by atoms with Crippen molar-refractivity contribution in [2.45, 2.75) is 54.9 Å². The number of rotatable bonds is 20. The van der Waals surface area contributed by atoms with Crippen molar-refractivity contribution in [3.63, 3.8) is 0 Å². The Morgan fingerprint density at radius 2 is 0.795 bits per heavy atom. The molecule has 0 aliphatic carbocycles. The Labute approximate surface area is 463 Å². The first-order valence-corrected chi connectivity index (χ1v) is 26.3. The van der Waals surface area contributed by atoms with Crippen LogP contribution in [0.4, 0.5) is 0 Å². The predicted octanol–water partition coefficient (Wildman–Crippen LogP) is 10.7. The van der Waals surface area contributed by atoms with E-state index in [4.69, 9.17) is 84.4 Å². The van der Waals surface area contributed by atoms with Gasteiger partial charge in [-0.05, 0) is 53.1 Å². The molecule has 0 N–H and O–H groups in total. The fourth-order valence-corrected chi connectivity index (χ4v) is 11.9. The Hall–Kier alpha value is -6.08. The van der Waals surface area contributed by atoms with E-state index in [0.717, 1.165) is 11.1 Å². The molecule has 78 heavy (non-hydrogen) atoms. The van der Waals surface area contributed by atoms with E-state index >= 15 is 0 Å². The maximum atomic E-state index is 7.64. The molecule has 3 aliphatic heterocycles. The highest BCUT2D eigenvalue weighted by atomic mass is 31.0. The van der Waals surface area contributed by atoms with Crippen molar-refractivity contribution in [1.29, 1.82) is 0 Å². The van der Waals surface area contributed by atoms with Gasteiger partial charge < -0.3 is 84.4 Å². The summed E-state index contributed by atoms with van der Waals surface area (Å²) in [6.45, 7) is 0. The van der Waals surface area contributed by atoms with Crippen LogP contribution in [0, 0.1) is 0 Å². The van der Waals surface area contributed by atoms with Crippen LogP contribution >= 0.6 is 37.9 Å². The van der Waals surface area contributed by atoms with Crippen LogP contribution in [0.5, 0.6) is 86.2 Å². The van der Waals surface area contributed by atoms with Crippen LogP contribution in [0.2, 0.25) is 0 Å². The summed E-state index contributed by atoms with van der Waals surface area (Å²) >= 11 is 0. The summed E-state index contributed by atoms with van der Waals surface area (Å²) in [6.07, 6.45) is -4.23. The summed E-state index contributed by atoms with van der Waals surface area (Å²) in [5, 5.41) is 0. The Morgan fingerprint density at radius 3 is 1.27 bits per heavy atom. The van der Waals surface area contributed by atoms with Crippen LogP contribution in [0.1, 0.15) is 74.7 Å². The zero-order valence-corrected chi connectivity index (χ0v) is 49.6. The summed E-state index contributed by atoms with van der Waals surface area (Å²) in [7, 11) is 26.9. The molecule has 0 aromatic heterocycles. The summed E-state index contributed by atoms with van der Waals surface area (Å²) in [5.74, 6) is 5.19. The molecule has 9 rings (SSSR count). The SMILES string of the molecule is COc1ccc(C2Oc3c(c(OC)cc(OC)c3C3c4c(OC)cc(OC)c(C5c6c(OP)cc(OP)cc6OC(c6ccc(OP)c(OP)c6)C5OC)c4OC(c4ccc(OC)c(OC)c4)C3OC)CC2OC)cc1OC. The normalized spacial score (nSPS) is 20.9. The Morgan fingerprint density at radius 1 is 0.359 bits per heavy atom. The number of ether oxygens (including phenoxy) is 14. The number of benzene rings is 6.